The predicted octanol–water partition coefficient (Wildman–Crippen LogP) is 3.09. The van der Waals surface area contributed by atoms with Crippen molar-refractivity contribution in [3.8, 4) is 5.75 Å². The molecular weight excluding hydrogens is 222 g/mol. The molecule has 1 aliphatic heterocycles. The molecule has 1 atom stereocenters. The summed E-state index contributed by atoms with van der Waals surface area (Å²) >= 11 is 6.21. The molecule has 0 bridgehead atoms. The summed E-state index contributed by atoms with van der Waals surface area (Å²) in [6.07, 6.45) is 2.54. The SMILES string of the molecule is Cc1cc(C)c(OC2CCCNC2)c(Cl)c1. The van der Waals surface area contributed by atoms with Crippen LogP contribution in [-0.4, -0.2) is 19.2 Å². The van der Waals surface area contributed by atoms with Crippen molar-refractivity contribution in [3.63, 3.8) is 0 Å². The van der Waals surface area contributed by atoms with Gasteiger partial charge in [0.1, 0.15) is 11.9 Å². The number of nitrogens with one attached hydrogen (secondary N) is 1. The van der Waals surface area contributed by atoms with E-state index in [1.807, 2.05) is 19.9 Å². The van der Waals surface area contributed by atoms with Gasteiger partial charge in [0.25, 0.3) is 0 Å². The van der Waals surface area contributed by atoms with Crippen LogP contribution in [0.15, 0.2) is 12.1 Å². The second-order valence-corrected chi connectivity index (χ2v) is 4.89. The Morgan fingerprint density at radius 2 is 2.19 bits per heavy atom. The number of ether oxygens (including phenoxy) is 1. The van der Waals surface area contributed by atoms with Crippen molar-refractivity contribution in [3.05, 3.63) is 28.3 Å². The Morgan fingerprint density at radius 1 is 1.38 bits per heavy atom. The smallest absolute Gasteiger partial charge is 0.141 e. The Hall–Kier alpha value is -0.730. The van der Waals surface area contributed by atoms with E-state index in [2.05, 4.69) is 11.4 Å². The quantitative estimate of drug-likeness (QED) is 0.857. The van der Waals surface area contributed by atoms with Gasteiger partial charge in [0.05, 0.1) is 5.02 Å². The lowest BCUT2D eigenvalue weighted by atomic mass is 10.1. The van der Waals surface area contributed by atoms with E-state index in [4.69, 9.17) is 16.3 Å². The topological polar surface area (TPSA) is 21.3 Å². The van der Waals surface area contributed by atoms with Gasteiger partial charge in [0.2, 0.25) is 0 Å². The number of benzene rings is 1. The maximum absolute atomic E-state index is 6.21. The molecule has 1 aromatic carbocycles. The fraction of sp³-hybridized carbons (Fsp3) is 0.538. The minimum Gasteiger partial charge on any atom is -0.487 e. The minimum absolute atomic E-state index is 0.257. The van der Waals surface area contributed by atoms with E-state index in [0.29, 0.717) is 0 Å². The second-order valence-electron chi connectivity index (χ2n) is 4.48. The van der Waals surface area contributed by atoms with Crippen LogP contribution in [0.3, 0.4) is 0 Å². The molecule has 88 valence electrons. The molecule has 2 rings (SSSR count). The van der Waals surface area contributed by atoms with E-state index >= 15 is 0 Å². The Kier molecular flexibility index (Phi) is 3.72. The van der Waals surface area contributed by atoms with Crippen LogP contribution < -0.4 is 10.1 Å². The average Bonchev–Trinajstić information content (AvgIpc) is 2.25. The van der Waals surface area contributed by atoms with E-state index < -0.39 is 0 Å². The zero-order valence-corrected chi connectivity index (χ0v) is 10.6. The summed E-state index contributed by atoms with van der Waals surface area (Å²) in [5.74, 6) is 0.848. The lowest BCUT2D eigenvalue weighted by Gasteiger charge is -2.25. The first-order valence-corrected chi connectivity index (χ1v) is 6.19. The summed E-state index contributed by atoms with van der Waals surface area (Å²) < 4.78 is 5.98. The molecule has 0 aliphatic carbocycles. The molecule has 0 amide bonds. The Bertz CT molecular complexity index is 349. The summed E-state index contributed by atoms with van der Waals surface area (Å²) in [4.78, 5) is 0. The third-order valence-electron chi connectivity index (χ3n) is 2.91. The van der Waals surface area contributed by atoms with Gasteiger partial charge in [0.15, 0.2) is 0 Å². The molecule has 0 spiro atoms. The van der Waals surface area contributed by atoms with Gasteiger partial charge in [-0.3, -0.25) is 0 Å². The lowest BCUT2D eigenvalue weighted by Crippen LogP contribution is -2.37. The standard InChI is InChI=1S/C13H18ClNO/c1-9-6-10(2)13(12(14)7-9)16-11-4-3-5-15-8-11/h6-7,11,15H,3-5,8H2,1-2H3. The maximum atomic E-state index is 6.21. The van der Waals surface area contributed by atoms with Crippen LogP contribution >= 0.6 is 11.6 Å². The zero-order chi connectivity index (χ0) is 11.5. The summed E-state index contributed by atoms with van der Waals surface area (Å²) in [6.45, 7) is 6.11. The van der Waals surface area contributed by atoms with Crippen LogP contribution in [0.1, 0.15) is 24.0 Å². The van der Waals surface area contributed by atoms with Gasteiger partial charge in [-0.05, 0) is 50.4 Å². The van der Waals surface area contributed by atoms with Crippen molar-refractivity contribution in [1.29, 1.82) is 0 Å². The normalized spacial score (nSPS) is 20.8. The van der Waals surface area contributed by atoms with Crippen LogP contribution in [0, 0.1) is 13.8 Å². The molecular formula is C13H18ClNO. The van der Waals surface area contributed by atoms with Gasteiger partial charge in [-0.25, -0.2) is 0 Å². The van der Waals surface area contributed by atoms with E-state index in [0.717, 1.165) is 35.8 Å². The van der Waals surface area contributed by atoms with Crippen molar-refractivity contribution in [1.82, 2.24) is 5.32 Å². The molecule has 1 aromatic rings. The molecule has 1 heterocycles. The molecule has 1 saturated heterocycles. The van der Waals surface area contributed by atoms with Crippen LogP contribution in [0.5, 0.6) is 5.75 Å². The predicted molar refractivity (Wildman–Crippen MR) is 67.4 cm³/mol. The molecule has 3 heteroatoms. The summed E-state index contributed by atoms with van der Waals surface area (Å²) in [6, 6.07) is 4.07. The summed E-state index contributed by atoms with van der Waals surface area (Å²) in [5.41, 5.74) is 2.30. The minimum atomic E-state index is 0.257. The van der Waals surface area contributed by atoms with Gasteiger partial charge in [0, 0.05) is 6.54 Å². The molecule has 16 heavy (non-hydrogen) atoms. The van der Waals surface area contributed by atoms with E-state index in [1.165, 1.54) is 12.0 Å². The maximum Gasteiger partial charge on any atom is 0.141 e. The Morgan fingerprint density at radius 3 is 2.81 bits per heavy atom. The van der Waals surface area contributed by atoms with Gasteiger partial charge in [-0.1, -0.05) is 17.7 Å². The first kappa shape index (κ1) is 11.7. The molecule has 1 aliphatic rings. The highest BCUT2D eigenvalue weighted by molar-refractivity contribution is 6.32. The fourth-order valence-corrected chi connectivity index (χ4v) is 2.50. The molecule has 1 N–H and O–H groups in total. The van der Waals surface area contributed by atoms with Crippen LogP contribution in [0.4, 0.5) is 0 Å². The Balaban J connectivity index is 2.14. The molecule has 1 fully saturated rings. The molecule has 0 radical (unpaired) electrons. The number of rotatable bonds is 2. The first-order valence-electron chi connectivity index (χ1n) is 5.81. The zero-order valence-electron chi connectivity index (χ0n) is 9.85. The highest BCUT2D eigenvalue weighted by Gasteiger charge is 2.17. The number of hydrogen-bond donors (Lipinski definition) is 1. The van der Waals surface area contributed by atoms with E-state index in [-0.39, 0.29) is 6.10 Å². The molecule has 2 nitrogen and oxygen atoms in total. The van der Waals surface area contributed by atoms with Crippen LogP contribution in [-0.2, 0) is 0 Å². The van der Waals surface area contributed by atoms with Gasteiger partial charge in [-0.15, -0.1) is 0 Å². The lowest BCUT2D eigenvalue weighted by molar-refractivity contribution is 0.166. The largest absolute Gasteiger partial charge is 0.487 e. The third-order valence-corrected chi connectivity index (χ3v) is 3.19. The van der Waals surface area contributed by atoms with Gasteiger partial charge in [-0.2, -0.15) is 0 Å². The molecule has 0 saturated carbocycles. The van der Waals surface area contributed by atoms with Crippen molar-refractivity contribution >= 4 is 11.6 Å². The molecule has 1 unspecified atom stereocenters. The van der Waals surface area contributed by atoms with E-state index in [9.17, 15) is 0 Å². The summed E-state index contributed by atoms with van der Waals surface area (Å²) in [5, 5.41) is 4.06. The van der Waals surface area contributed by atoms with Gasteiger partial charge >= 0.3 is 0 Å². The highest BCUT2D eigenvalue weighted by atomic mass is 35.5. The number of piperidine rings is 1. The average molecular weight is 240 g/mol. The van der Waals surface area contributed by atoms with Crippen LogP contribution in [0.2, 0.25) is 5.02 Å². The van der Waals surface area contributed by atoms with Crippen molar-refractivity contribution in [2.75, 3.05) is 13.1 Å². The van der Waals surface area contributed by atoms with E-state index in [1.54, 1.807) is 0 Å². The number of halogens is 1. The number of hydrogen-bond acceptors (Lipinski definition) is 2. The van der Waals surface area contributed by atoms with Crippen molar-refractivity contribution < 1.29 is 4.74 Å². The fourth-order valence-electron chi connectivity index (χ4n) is 2.14. The Labute approximate surface area is 102 Å². The van der Waals surface area contributed by atoms with Gasteiger partial charge < -0.3 is 10.1 Å². The monoisotopic (exact) mass is 239 g/mol. The summed E-state index contributed by atoms with van der Waals surface area (Å²) in [7, 11) is 0. The molecule has 0 aromatic heterocycles. The van der Waals surface area contributed by atoms with Crippen LogP contribution in [0.25, 0.3) is 0 Å². The second kappa shape index (κ2) is 5.07. The highest BCUT2D eigenvalue weighted by Crippen LogP contribution is 2.31. The number of aryl methyl sites for hydroxylation is 2. The first-order chi connectivity index (χ1) is 7.66. The third kappa shape index (κ3) is 2.69. The van der Waals surface area contributed by atoms with Crippen molar-refractivity contribution in [2.24, 2.45) is 0 Å². The van der Waals surface area contributed by atoms with Crippen molar-refractivity contribution in [2.45, 2.75) is 32.8 Å².